The van der Waals surface area contributed by atoms with Crippen LogP contribution in [0, 0.1) is 0 Å². The third-order valence-corrected chi connectivity index (χ3v) is 3.25. The fraction of sp³-hybridized carbons (Fsp3) is 0.471. The van der Waals surface area contributed by atoms with Gasteiger partial charge < -0.3 is 15.3 Å². The molecule has 1 aromatic rings. The van der Waals surface area contributed by atoms with Crippen LogP contribution in [0.25, 0.3) is 6.08 Å². The predicted octanol–water partition coefficient (Wildman–Crippen LogP) is 3.16. The highest BCUT2D eigenvalue weighted by Crippen LogP contribution is 2.44. The van der Waals surface area contributed by atoms with Crippen molar-refractivity contribution in [2.45, 2.75) is 52.4 Å². The number of carbonyl (C=O) groups is 1. The zero-order chi connectivity index (χ0) is 16.6. The number of hydrogen-bond acceptors (Lipinski definition) is 3. The summed E-state index contributed by atoms with van der Waals surface area (Å²) in [6.45, 7) is 11.3. The van der Waals surface area contributed by atoms with Crippen LogP contribution >= 0.6 is 0 Å². The molecule has 0 aliphatic heterocycles. The van der Waals surface area contributed by atoms with Crippen molar-refractivity contribution in [3.05, 3.63) is 28.8 Å². The van der Waals surface area contributed by atoms with Gasteiger partial charge in [0.05, 0.1) is 0 Å². The Labute approximate surface area is 125 Å². The summed E-state index contributed by atoms with van der Waals surface area (Å²) in [7, 11) is 0. The SMILES string of the molecule is CC(C)(C)c1cc(/C=C/C(=O)O)c(O)c(C(C)(C)C)c1[O-]. The molecule has 116 valence electrons. The summed E-state index contributed by atoms with van der Waals surface area (Å²) in [4.78, 5) is 10.7. The van der Waals surface area contributed by atoms with Gasteiger partial charge in [0.1, 0.15) is 5.75 Å². The third-order valence-electron chi connectivity index (χ3n) is 3.25. The van der Waals surface area contributed by atoms with E-state index in [1.54, 1.807) is 6.07 Å². The highest BCUT2D eigenvalue weighted by Gasteiger charge is 2.26. The van der Waals surface area contributed by atoms with Crippen molar-refractivity contribution in [1.29, 1.82) is 0 Å². The van der Waals surface area contributed by atoms with Crippen LogP contribution in [-0.4, -0.2) is 16.2 Å². The molecule has 0 fully saturated rings. The van der Waals surface area contributed by atoms with Crippen molar-refractivity contribution in [2.24, 2.45) is 0 Å². The first-order valence-electron chi connectivity index (χ1n) is 6.84. The molecular weight excluding hydrogens is 268 g/mol. The summed E-state index contributed by atoms with van der Waals surface area (Å²) in [6, 6.07) is 1.58. The predicted molar refractivity (Wildman–Crippen MR) is 81.6 cm³/mol. The summed E-state index contributed by atoms with van der Waals surface area (Å²) in [5.74, 6) is -1.42. The molecule has 1 rings (SSSR count). The molecule has 2 N–H and O–H groups in total. The van der Waals surface area contributed by atoms with Crippen LogP contribution in [0.3, 0.4) is 0 Å². The Morgan fingerprint density at radius 3 is 2.05 bits per heavy atom. The van der Waals surface area contributed by atoms with E-state index < -0.39 is 16.8 Å². The second kappa shape index (κ2) is 5.43. The summed E-state index contributed by atoms with van der Waals surface area (Å²) in [5.41, 5.74) is 0.312. The Morgan fingerprint density at radius 2 is 1.67 bits per heavy atom. The normalized spacial score (nSPS) is 12.9. The second-order valence-corrected chi connectivity index (χ2v) is 7.24. The van der Waals surface area contributed by atoms with E-state index in [1.165, 1.54) is 6.08 Å². The maximum absolute atomic E-state index is 12.7. The van der Waals surface area contributed by atoms with Gasteiger partial charge in [-0.25, -0.2) is 4.79 Å². The van der Waals surface area contributed by atoms with Gasteiger partial charge in [-0.3, -0.25) is 0 Å². The lowest BCUT2D eigenvalue weighted by Gasteiger charge is -2.34. The topological polar surface area (TPSA) is 80.6 Å². The smallest absolute Gasteiger partial charge is 0.328 e. The molecule has 1 aromatic carbocycles. The van der Waals surface area contributed by atoms with E-state index in [1.807, 2.05) is 41.5 Å². The largest absolute Gasteiger partial charge is 0.872 e. The summed E-state index contributed by atoms with van der Waals surface area (Å²) < 4.78 is 0. The molecule has 0 saturated carbocycles. The number of aromatic hydroxyl groups is 1. The molecule has 21 heavy (non-hydrogen) atoms. The zero-order valence-corrected chi connectivity index (χ0v) is 13.4. The maximum Gasteiger partial charge on any atom is 0.328 e. The minimum Gasteiger partial charge on any atom is -0.872 e. The van der Waals surface area contributed by atoms with Crippen molar-refractivity contribution in [1.82, 2.24) is 0 Å². The number of phenolic OH excluding ortho intramolecular Hbond substituents is 1. The quantitative estimate of drug-likeness (QED) is 0.820. The standard InChI is InChI=1S/C17H24O4/c1-16(2,3)11-9-10(7-8-12(18)19)14(20)13(15(11)21)17(4,5)6/h7-9,20-21H,1-6H3,(H,18,19)/p-1/b8-7+. The van der Waals surface area contributed by atoms with Gasteiger partial charge in [-0.05, 0) is 34.1 Å². The first kappa shape index (κ1) is 17.1. The van der Waals surface area contributed by atoms with Gasteiger partial charge in [0, 0.05) is 11.6 Å². The van der Waals surface area contributed by atoms with Gasteiger partial charge in [0.25, 0.3) is 0 Å². The minimum absolute atomic E-state index is 0.141. The van der Waals surface area contributed by atoms with Crippen molar-refractivity contribution in [3.63, 3.8) is 0 Å². The molecule has 0 spiro atoms. The average molecular weight is 291 g/mol. The highest BCUT2D eigenvalue weighted by atomic mass is 16.4. The van der Waals surface area contributed by atoms with Crippen molar-refractivity contribution in [2.75, 3.05) is 0 Å². The van der Waals surface area contributed by atoms with Gasteiger partial charge in [-0.1, -0.05) is 47.3 Å². The number of carboxylic acid groups (broad SMARTS) is 1. The summed E-state index contributed by atoms with van der Waals surface area (Å²) in [5, 5.41) is 31.8. The number of carboxylic acids is 1. The average Bonchev–Trinajstić information content (AvgIpc) is 2.23. The van der Waals surface area contributed by atoms with E-state index in [-0.39, 0.29) is 11.5 Å². The van der Waals surface area contributed by atoms with Gasteiger partial charge >= 0.3 is 5.97 Å². The fourth-order valence-electron chi connectivity index (χ4n) is 2.22. The van der Waals surface area contributed by atoms with E-state index in [0.29, 0.717) is 16.7 Å². The summed E-state index contributed by atoms with van der Waals surface area (Å²) >= 11 is 0. The molecule has 4 heteroatoms. The molecule has 0 radical (unpaired) electrons. The summed E-state index contributed by atoms with van der Waals surface area (Å²) in [6.07, 6.45) is 2.28. The lowest BCUT2D eigenvalue weighted by Crippen LogP contribution is -2.21. The molecule has 0 aromatic heterocycles. The number of hydrogen-bond donors (Lipinski definition) is 2. The molecule has 0 amide bonds. The van der Waals surface area contributed by atoms with Crippen LogP contribution in [-0.2, 0) is 15.6 Å². The van der Waals surface area contributed by atoms with Gasteiger partial charge in [-0.2, -0.15) is 0 Å². The Morgan fingerprint density at radius 1 is 1.14 bits per heavy atom. The molecule has 0 aliphatic carbocycles. The minimum atomic E-state index is -1.10. The van der Waals surface area contributed by atoms with Crippen LogP contribution < -0.4 is 5.11 Å². The first-order valence-corrected chi connectivity index (χ1v) is 6.84. The van der Waals surface area contributed by atoms with Gasteiger partial charge in [0.15, 0.2) is 0 Å². The van der Waals surface area contributed by atoms with Gasteiger partial charge in [0.2, 0.25) is 0 Å². The first-order chi connectivity index (χ1) is 9.35. The fourth-order valence-corrected chi connectivity index (χ4v) is 2.22. The molecule has 0 heterocycles. The molecule has 0 aliphatic rings. The lowest BCUT2D eigenvalue weighted by molar-refractivity contribution is -0.271. The molecule has 0 unspecified atom stereocenters. The van der Waals surface area contributed by atoms with Crippen LogP contribution in [0.15, 0.2) is 12.1 Å². The number of benzene rings is 1. The Kier molecular flexibility index (Phi) is 4.42. The van der Waals surface area contributed by atoms with Crippen LogP contribution in [0.2, 0.25) is 0 Å². The van der Waals surface area contributed by atoms with Crippen LogP contribution in [0.5, 0.6) is 11.5 Å². The van der Waals surface area contributed by atoms with Crippen molar-refractivity contribution < 1.29 is 20.1 Å². The van der Waals surface area contributed by atoms with E-state index >= 15 is 0 Å². The number of rotatable bonds is 2. The van der Waals surface area contributed by atoms with Gasteiger partial charge in [-0.15, -0.1) is 0 Å². The molecule has 0 atom stereocenters. The third kappa shape index (κ3) is 3.78. The number of aliphatic carboxylic acids is 1. The molecule has 0 saturated heterocycles. The second-order valence-electron chi connectivity index (χ2n) is 7.24. The maximum atomic E-state index is 12.7. The Hall–Kier alpha value is -1.97. The highest BCUT2D eigenvalue weighted by molar-refractivity contribution is 5.86. The lowest BCUT2D eigenvalue weighted by atomic mass is 9.77. The van der Waals surface area contributed by atoms with Crippen molar-refractivity contribution >= 4 is 12.0 Å². The van der Waals surface area contributed by atoms with E-state index in [0.717, 1.165) is 6.08 Å². The molecule has 0 bridgehead atoms. The Balaban J connectivity index is 3.73. The van der Waals surface area contributed by atoms with Crippen LogP contribution in [0.1, 0.15) is 58.2 Å². The van der Waals surface area contributed by atoms with E-state index in [2.05, 4.69) is 0 Å². The van der Waals surface area contributed by atoms with E-state index in [9.17, 15) is 15.0 Å². The Bertz CT molecular complexity index is 584. The van der Waals surface area contributed by atoms with Crippen molar-refractivity contribution in [3.8, 4) is 11.5 Å². The monoisotopic (exact) mass is 291 g/mol. The molecular formula is C17H23O4-. The molecule has 4 nitrogen and oxygen atoms in total. The van der Waals surface area contributed by atoms with Crippen LogP contribution in [0.4, 0.5) is 0 Å². The zero-order valence-electron chi connectivity index (χ0n) is 13.4. The van der Waals surface area contributed by atoms with E-state index in [4.69, 9.17) is 5.11 Å². The number of phenols is 1.